The molecule has 0 amide bonds. The van der Waals surface area contributed by atoms with Crippen LogP contribution in [0.3, 0.4) is 0 Å². The van der Waals surface area contributed by atoms with Crippen molar-refractivity contribution in [1.29, 1.82) is 0 Å². The third kappa shape index (κ3) is 2.91. The van der Waals surface area contributed by atoms with Crippen LogP contribution in [0.5, 0.6) is 0 Å². The SMILES string of the molecule is CNC1C(S(=O)(=O)Cc2ccccc2C)CCC1(C)C. The van der Waals surface area contributed by atoms with E-state index in [1.54, 1.807) is 0 Å². The van der Waals surface area contributed by atoms with Crippen molar-refractivity contribution in [3.63, 3.8) is 0 Å². The molecule has 20 heavy (non-hydrogen) atoms. The van der Waals surface area contributed by atoms with Crippen LogP contribution in [-0.2, 0) is 15.6 Å². The average Bonchev–Trinajstić information content (AvgIpc) is 2.67. The van der Waals surface area contributed by atoms with Gasteiger partial charge in [-0.2, -0.15) is 0 Å². The molecule has 1 aliphatic carbocycles. The predicted molar refractivity (Wildman–Crippen MR) is 83.5 cm³/mol. The molecule has 0 heterocycles. The average molecular weight is 295 g/mol. The van der Waals surface area contributed by atoms with Crippen LogP contribution < -0.4 is 5.32 Å². The van der Waals surface area contributed by atoms with Gasteiger partial charge in [0, 0.05) is 6.04 Å². The van der Waals surface area contributed by atoms with E-state index in [0.29, 0.717) is 0 Å². The zero-order chi connectivity index (χ0) is 15.0. The van der Waals surface area contributed by atoms with Gasteiger partial charge in [0.2, 0.25) is 0 Å². The Balaban J connectivity index is 2.26. The van der Waals surface area contributed by atoms with E-state index in [4.69, 9.17) is 0 Å². The van der Waals surface area contributed by atoms with Gasteiger partial charge < -0.3 is 5.32 Å². The Labute approximate surface area is 122 Å². The van der Waals surface area contributed by atoms with E-state index < -0.39 is 9.84 Å². The zero-order valence-electron chi connectivity index (χ0n) is 12.8. The van der Waals surface area contributed by atoms with Crippen molar-refractivity contribution in [3.8, 4) is 0 Å². The fourth-order valence-corrected chi connectivity index (χ4v) is 5.77. The molecular weight excluding hydrogens is 270 g/mol. The van der Waals surface area contributed by atoms with Crippen LogP contribution in [0.2, 0.25) is 0 Å². The van der Waals surface area contributed by atoms with Gasteiger partial charge >= 0.3 is 0 Å². The van der Waals surface area contributed by atoms with Crippen molar-refractivity contribution in [1.82, 2.24) is 5.32 Å². The molecule has 4 heteroatoms. The van der Waals surface area contributed by atoms with Crippen LogP contribution in [0, 0.1) is 12.3 Å². The first-order chi connectivity index (χ1) is 9.28. The minimum absolute atomic E-state index is 0.0384. The highest BCUT2D eigenvalue weighted by molar-refractivity contribution is 7.91. The van der Waals surface area contributed by atoms with E-state index in [0.717, 1.165) is 24.0 Å². The second kappa shape index (κ2) is 5.49. The molecule has 0 aromatic heterocycles. The molecule has 1 saturated carbocycles. The van der Waals surface area contributed by atoms with Gasteiger partial charge in [0.15, 0.2) is 9.84 Å². The molecule has 2 rings (SSSR count). The first-order valence-corrected chi connectivity index (χ1v) is 8.93. The lowest BCUT2D eigenvalue weighted by Crippen LogP contribution is -2.46. The summed E-state index contributed by atoms with van der Waals surface area (Å²) in [7, 11) is -1.26. The van der Waals surface area contributed by atoms with Crippen molar-refractivity contribution in [3.05, 3.63) is 35.4 Å². The lowest BCUT2D eigenvalue weighted by atomic mass is 9.87. The van der Waals surface area contributed by atoms with Gasteiger partial charge in [-0.1, -0.05) is 38.1 Å². The van der Waals surface area contributed by atoms with Gasteiger partial charge in [0.05, 0.1) is 11.0 Å². The topological polar surface area (TPSA) is 46.2 Å². The van der Waals surface area contributed by atoms with Gasteiger partial charge in [-0.3, -0.25) is 0 Å². The highest BCUT2D eigenvalue weighted by Gasteiger charge is 2.46. The number of hydrogen-bond acceptors (Lipinski definition) is 3. The van der Waals surface area contributed by atoms with Crippen LogP contribution >= 0.6 is 0 Å². The molecule has 0 aliphatic heterocycles. The van der Waals surface area contributed by atoms with Gasteiger partial charge in [-0.25, -0.2) is 8.42 Å². The van der Waals surface area contributed by atoms with Crippen LogP contribution in [0.15, 0.2) is 24.3 Å². The van der Waals surface area contributed by atoms with Crippen molar-refractivity contribution >= 4 is 9.84 Å². The smallest absolute Gasteiger partial charge is 0.158 e. The summed E-state index contributed by atoms with van der Waals surface area (Å²) in [6.45, 7) is 6.27. The minimum atomic E-state index is -3.13. The lowest BCUT2D eigenvalue weighted by molar-refractivity contribution is 0.297. The summed E-state index contributed by atoms with van der Waals surface area (Å²) in [5.41, 5.74) is 2.01. The van der Waals surface area contributed by atoms with Gasteiger partial charge in [-0.15, -0.1) is 0 Å². The third-order valence-electron chi connectivity index (χ3n) is 4.68. The Bertz CT molecular complexity index is 578. The fourth-order valence-electron chi connectivity index (χ4n) is 3.40. The van der Waals surface area contributed by atoms with Gasteiger partial charge in [0.1, 0.15) is 0 Å². The fraction of sp³-hybridized carbons (Fsp3) is 0.625. The van der Waals surface area contributed by atoms with Crippen molar-refractivity contribution in [2.75, 3.05) is 7.05 Å². The van der Waals surface area contributed by atoms with Crippen LogP contribution in [0.25, 0.3) is 0 Å². The molecule has 2 unspecified atom stereocenters. The van der Waals surface area contributed by atoms with E-state index in [2.05, 4.69) is 19.2 Å². The summed E-state index contributed by atoms with van der Waals surface area (Å²) < 4.78 is 25.5. The maximum atomic E-state index is 12.8. The molecule has 1 N–H and O–H groups in total. The molecule has 0 saturated heterocycles. The van der Waals surface area contributed by atoms with Crippen LogP contribution in [-0.4, -0.2) is 26.8 Å². The molecule has 112 valence electrons. The summed E-state index contributed by atoms with van der Waals surface area (Å²) in [6.07, 6.45) is 1.71. The van der Waals surface area contributed by atoms with E-state index in [9.17, 15) is 8.42 Å². The van der Waals surface area contributed by atoms with Gasteiger partial charge in [-0.05, 0) is 43.4 Å². The van der Waals surface area contributed by atoms with Crippen LogP contribution in [0.1, 0.15) is 37.8 Å². The maximum absolute atomic E-state index is 12.8. The van der Waals surface area contributed by atoms with Crippen molar-refractivity contribution in [2.24, 2.45) is 5.41 Å². The Kier molecular flexibility index (Phi) is 4.26. The minimum Gasteiger partial charge on any atom is -0.315 e. The summed E-state index contributed by atoms with van der Waals surface area (Å²) >= 11 is 0. The number of aryl methyl sites for hydroxylation is 1. The van der Waals surface area contributed by atoms with Gasteiger partial charge in [0.25, 0.3) is 0 Å². The Hall–Kier alpha value is -0.870. The molecule has 3 nitrogen and oxygen atoms in total. The molecule has 1 aromatic rings. The zero-order valence-corrected chi connectivity index (χ0v) is 13.6. The number of nitrogens with one attached hydrogen (secondary N) is 1. The lowest BCUT2D eigenvalue weighted by Gasteiger charge is -2.30. The van der Waals surface area contributed by atoms with E-state index in [-0.39, 0.29) is 22.5 Å². The molecule has 1 aromatic carbocycles. The summed E-state index contributed by atoms with van der Waals surface area (Å²) in [5.74, 6) is 0.151. The van der Waals surface area contributed by atoms with E-state index in [1.165, 1.54) is 0 Å². The van der Waals surface area contributed by atoms with E-state index >= 15 is 0 Å². The van der Waals surface area contributed by atoms with Crippen LogP contribution in [0.4, 0.5) is 0 Å². The van der Waals surface area contributed by atoms with Crippen molar-refractivity contribution < 1.29 is 8.42 Å². The normalized spacial score (nSPS) is 25.8. The maximum Gasteiger partial charge on any atom is 0.158 e. The number of rotatable bonds is 4. The largest absolute Gasteiger partial charge is 0.315 e. The number of sulfone groups is 1. The molecule has 0 spiro atoms. The highest BCUT2D eigenvalue weighted by atomic mass is 32.2. The molecule has 1 aliphatic rings. The highest BCUT2D eigenvalue weighted by Crippen LogP contribution is 2.41. The second-order valence-electron chi connectivity index (χ2n) is 6.57. The van der Waals surface area contributed by atoms with E-state index in [1.807, 2.05) is 38.2 Å². The molecule has 1 fully saturated rings. The summed E-state index contributed by atoms with van der Waals surface area (Å²) in [5, 5.41) is 2.96. The Morgan fingerprint density at radius 1 is 1.30 bits per heavy atom. The Morgan fingerprint density at radius 3 is 2.55 bits per heavy atom. The predicted octanol–water partition coefficient (Wildman–Crippen LogP) is 2.69. The Morgan fingerprint density at radius 2 is 1.95 bits per heavy atom. The molecule has 0 bridgehead atoms. The monoisotopic (exact) mass is 295 g/mol. The number of hydrogen-bond donors (Lipinski definition) is 1. The number of benzene rings is 1. The van der Waals surface area contributed by atoms with Crippen molar-refractivity contribution in [2.45, 2.75) is 50.7 Å². The quantitative estimate of drug-likeness (QED) is 0.929. The summed E-state index contributed by atoms with van der Waals surface area (Å²) in [6, 6.07) is 7.78. The molecule has 2 atom stereocenters. The molecular formula is C16H25NO2S. The second-order valence-corrected chi connectivity index (χ2v) is 8.79. The first-order valence-electron chi connectivity index (χ1n) is 7.21. The molecule has 0 radical (unpaired) electrons. The standard InChI is InChI=1S/C16H25NO2S/c1-12-7-5-6-8-13(12)11-20(18,19)14-9-10-16(2,3)15(14)17-4/h5-8,14-15,17H,9-11H2,1-4H3. The summed E-state index contributed by atoms with van der Waals surface area (Å²) in [4.78, 5) is 0. The first kappa shape index (κ1) is 15.5. The third-order valence-corrected chi connectivity index (χ3v) is 6.82.